The maximum absolute atomic E-state index is 15.2. The SMILES string of the molecule is COc1cc2c(cc1OC(=O)OC(C)(C)C)CCN[C@]21CS[C@@H]2c3c(OC(C)=O)c(C)c4c(c3[C@H](COC1=O)N1C2[C@H](c2c(C)cc(C)c(OC)c2O)N(C(=O)OC(C)(C)C)[C@@H](C)[C@@H]1C#N)OCO4. The van der Waals surface area contributed by atoms with Crippen LogP contribution in [0.4, 0.5) is 9.59 Å². The minimum atomic E-state index is -1.58. The summed E-state index contributed by atoms with van der Waals surface area (Å²) < 4.78 is 54.0. The van der Waals surface area contributed by atoms with Crippen LogP contribution in [-0.2, 0) is 35.8 Å². The number of esters is 2. The summed E-state index contributed by atoms with van der Waals surface area (Å²) in [6.07, 6.45) is -1.24. The number of amides is 1. The van der Waals surface area contributed by atoms with Crippen LogP contribution in [0.15, 0.2) is 18.2 Å². The number of nitrogens with one attached hydrogen (secondary N) is 1. The first kappa shape index (κ1) is 49.3. The molecule has 1 spiro atoms. The van der Waals surface area contributed by atoms with Gasteiger partial charge in [0.2, 0.25) is 6.79 Å². The lowest BCUT2D eigenvalue weighted by Crippen LogP contribution is -2.69. The van der Waals surface area contributed by atoms with E-state index in [1.807, 2.05) is 17.9 Å². The number of phenolic OH excluding ortho intramolecular Hbond substituents is 1. The third-order valence-electron chi connectivity index (χ3n) is 13.2. The minimum absolute atomic E-state index is 0.0471. The van der Waals surface area contributed by atoms with Crippen LogP contribution >= 0.6 is 11.8 Å². The Bertz CT molecular complexity index is 2670. The number of fused-ring (bicyclic) bond motifs is 5. The zero-order valence-corrected chi connectivity index (χ0v) is 42.1. The molecule has 18 nitrogen and oxygen atoms in total. The zero-order valence-electron chi connectivity index (χ0n) is 41.2. The van der Waals surface area contributed by atoms with E-state index in [0.29, 0.717) is 69.0 Å². The molecule has 0 aliphatic carbocycles. The number of nitrogens with zero attached hydrogens (tertiary/aromatic N) is 3. The summed E-state index contributed by atoms with van der Waals surface area (Å²) in [5, 5.41) is 26.5. The molecule has 3 aromatic carbocycles. The Balaban J connectivity index is 1.42. The van der Waals surface area contributed by atoms with E-state index in [1.54, 1.807) is 74.4 Å². The number of piperazine rings is 1. The molecule has 0 radical (unpaired) electrons. The van der Waals surface area contributed by atoms with Gasteiger partial charge in [0, 0.05) is 41.5 Å². The molecule has 0 saturated carbocycles. The van der Waals surface area contributed by atoms with Crippen LogP contribution in [0, 0.1) is 32.1 Å². The fourth-order valence-corrected chi connectivity index (χ4v) is 12.3. The van der Waals surface area contributed by atoms with Crippen molar-refractivity contribution in [2.24, 2.45) is 0 Å². The molecule has 9 rings (SSSR count). The molecule has 19 heteroatoms. The van der Waals surface area contributed by atoms with E-state index in [0.717, 1.165) is 0 Å². The molecule has 6 aliphatic rings. The first-order valence-electron chi connectivity index (χ1n) is 22.8. The quantitative estimate of drug-likeness (QED) is 0.109. The molecule has 2 N–H and O–H groups in total. The molecule has 2 bridgehead atoms. The number of phenols is 1. The van der Waals surface area contributed by atoms with Crippen molar-refractivity contribution in [3.63, 3.8) is 0 Å². The summed E-state index contributed by atoms with van der Waals surface area (Å²) in [6.45, 7) is 18.6. The Morgan fingerprint density at radius 2 is 1.59 bits per heavy atom. The van der Waals surface area contributed by atoms with Gasteiger partial charge in [0.15, 0.2) is 40.0 Å². The van der Waals surface area contributed by atoms with Crippen LogP contribution < -0.4 is 33.7 Å². The van der Waals surface area contributed by atoms with Crippen LogP contribution in [0.25, 0.3) is 0 Å². The summed E-state index contributed by atoms with van der Waals surface area (Å²) >= 11 is 1.31. The lowest BCUT2D eigenvalue weighted by Gasteiger charge is -2.60. The lowest BCUT2D eigenvalue weighted by molar-refractivity contribution is -0.156. The smallest absolute Gasteiger partial charge is 0.504 e. The third-order valence-corrected chi connectivity index (χ3v) is 14.6. The van der Waals surface area contributed by atoms with Gasteiger partial charge in [-0.15, -0.1) is 11.8 Å². The van der Waals surface area contributed by atoms with Gasteiger partial charge in [0.05, 0.1) is 49.7 Å². The molecule has 7 atom stereocenters. The van der Waals surface area contributed by atoms with E-state index < -0.39 is 76.4 Å². The van der Waals surface area contributed by atoms with Gasteiger partial charge >= 0.3 is 24.2 Å². The molecule has 370 valence electrons. The Morgan fingerprint density at radius 1 is 0.899 bits per heavy atom. The largest absolute Gasteiger partial charge is 0.514 e. The normalized spacial score (nSPS) is 25.0. The van der Waals surface area contributed by atoms with E-state index in [2.05, 4.69) is 11.4 Å². The summed E-state index contributed by atoms with van der Waals surface area (Å²) in [5.41, 5.74) is 0.865. The van der Waals surface area contributed by atoms with Crippen molar-refractivity contribution in [3.8, 4) is 46.3 Å². The number of hydrogen-bond acceptors (Lipinski definition) is 18. The standard InChI is InChI=1S/C50H60N4O14S/c1-23-16-24(2)40(61-13)39(56)34(23)37-38-44-36-35(43-42(63-22-64-43)25(3)41(36)65-27(5)55)31(54(38)30(19-51)26(4)53(37)46(58)67-48(6,7)8)20-62-45(57)50(21-69-44)29-18-32(60-12)33(17-28(29)14-15-52-50)66-47(59)68-49(9,10)11/h16-18,26,30-31,37-38,44,52,56H,14-15,20-22H2,1-13H3/t26-,30-,31-,37-,38?,44+,50+/m0/s1. The van der Waals surface area contributed by atoms with Gasteiger partial charge in [0.25, 0.3) is 0 Å². The molecule has 1 unspecified atom stereocenters. The van der Waals surface area contributed by atoms with Crippen molar-refractivity contribution in [1.82, 2.24) is 15.1 Å². The Hall–Kier alpha value is -6.10. The van der Waals surface area contributed by atoms with Gasteiger partial charge in [-0.05, 0) is 110 Å². The van der Waals surface area contributed by atoms with Gasteiger partial charge in [0.1, 0.15) is 29.6 Å². The number of aromatic hydroxyl groups is 1. The number of aryl methyl sites for hydroxylation is 2. The van der Waals surface area contributed by atoms with E-state index in [9.17, 15) is 20.0 Å². The second kappa shape index (κ2) is 18.0. The average Bonchev–Trinajstić information content (AvgIpc) is 3.75. The van der Waals surface area contributed by atoms with Crippen LogP contribution in [0.2, 0.25) is 0 Å². The van der Waals surface area contributed by atoms with Gasteiger partial charge < -0.3 is 47.7 Å². The number of benzene rings is 3. The minimum Gasteiger partial charge on any atom is -0.504 e. The summed E-state index contributed by atoms with van der Waals surface area (Å²) in [4.78, 5) is 59.9. The van der Waals surface area contributed by atoms with E-state index in [1.165, 1.54) is 37.8 Å². The van der Waals surface area contributed by atoms with Gasteiger partial charge in [-0.3, -0.25) is 19.9 Å². The number of rotatable bonds is 5. The lowest BCUT2D eigenvalue weighted by atomic mass is 9.75. The number of carbonyl (C=O) groups is 4. The van der Waals surface area contributed by atoms with Gasteiger partial charge in [-0.1, -0.05) is 6.07 Å². The fraction of sp³-hybridized carbons (Fsp3) is 0.540. The fourth-order valence-electron chi connectivity index (χ4n) is 10.6. The van der Waals surface area contributed by atoms with Crippen LogP contribution in [0.3, 0.4) is 0 Å². The highest BCUT2D eigenvalue weighted by Crippen LogP contribution is 2.64. The van der Waals surface area contributed by atoms with E-state index >= 15 is 9.59 Å². The molecular formula is C50H60N4O14S. The zero-order chi connectivity index (χ0) is 50.2. The molecule has 1 amide bonds. The molecule has 2 fully saturated rings. The van der Waals surface area contributed by atoms with Crippen molar-refractivity contribution in [3.05, 3.63) is 62.7 Å². The van der Waals surface area contributed by atoms with E-state index in [-0.39, 0.29) is 47.9 Å². The highest BCUT2D eigenvalue weighted by atomic mass is 32.2. The van der Waals surface area contributed by atoms with Crippen molar-refractivity contribution in [2.75, 3.05) is 39.9 Å². The number of nitriles is 1. The molecule has 6 heterocycles. The van der Waals surface area contributed by atoms with Crippen LogP contribution in [0.1, 0.15) is 117 Å². The Morgan fingerprint density at radius 3 is 2.23 bits per heavy atom. The second-order valence-corrected chi connectivity index (χ2v) is 21.1. The molecular weight excluding hydrogens is 913 g/mol. The highest BCUT2D eigenvalue weighted by molar-refractivity contribution is 7.99. The van der Waals surface area contributed by atoms with Gasteiger partial charge in [-0.2, -0.15) is 5.26 Å². The predicted molar refractivity (Wildman–Crippen MR) is 250 cm³/mol. The Kier molecular flexibility index (Phi) is 12.9. The van der Waals surface area contributed by atoms with Crippen molar-refractivity contribution in [1.29, 1.82) is 5.26 Å². The number of methoxy groups -OCH3 is 2. The number of ether oxygens (including phenoxy) is 9. The first-order chi connectivity index (χ1) is 32.5. The number of hydrogen-bond donors (Lipinski definition) is 2. The third kappa shape index (κ3) is 8.47. The topological polar surface area (TPSA) is 214 Å². The maximum Gasteiger partial charge on any atom is 0.514 e. The monoisotopic (exact) mass is 972 g/mol. The molecule has 69 heavy (non-hydrogen) atoms. The maximum atomic E-state index is 15.2. The molecule has 6 aliphatic heterocycles. The molecule has 3 aromatic rings. The van der Waals surface area contributed by atoms with E-state index in [4.69, 9.17) is 42.6 Å². The van der Waals surface area contributed by atoms with Crippen molar-refractivity contribution < 1.29 is 66.9 Å². The average molecular weight is 973 g/mol. The molecule has 0 aromatic heterocycles. The first-order valence-corrected chi connectivity index (χ1v) is 23.9. The highest BCUT2D eigenvalue weighted by Gasteiger charge is 2.62. The predicted octanol–water partition coefficient (Wildman–Crippen LogP) is 7.67. The second-order valence-electron chi connectivity index (χ2n) is 20.0. The Labute approximate surface area is 405 Å². The number of carbonyl (C=O) groups excluding carboxylic acids is 4. The van der Waals surface area contributed by atoms with Crippen LogP contribution in [-0.4, -0.2) is 108 Å². The van der Waals surface area contributed by atoms with Gasteiger partial charge in [-0.25, -0.2) is 14.4 Å². The molecule has 2 saturated heterocycles. The summed E-state index contributed by atoms with van der Waals surface area (Å²) in [5.74, 6) is -0.206. The summed E-state index contributed by atoms with van der Waals surface area (Å²) in [7, 11) is 2.87. The van der Waals surface area contributed by atoms with Crippen molar-refractivity contribution >= 4 is 35.9 Å². The van der Waals surface area contributed by atoms with Crippen LogP contribution in [0.5, 0.6) is 40.2 Å². The number of thioether (sulfide) groups is 1. The summed E-state index contributed by atoms with van der Waals surface area (Å²) in [6, 6.07) is 2.64. The van der Waals surface area contributed by atoms with Crippen molar-refractivity contribution in [2.45, 2.75) is 135 Å².